The van der Waals surface area contributed by atoms with Crippen LogP contribution < -0.4 is 16.0 Å². The summed E-state index contributed by atoms with van der Waals surface area (Å²) in [6.45, 7) is 1.82. The minimum Gasteiger partial charge on any atom is -0.497 e. The molecule has 3 aromatic rings. The summed E-state index contributed by atoms with van der Waals surface area (Å²) in [5, 5.41) is 4.01. The van der Waals surface area contributed by atoms with Crippen LogP contribution in [-0.2, 0) is 22.3 Å². The fourth-order valence-corrected chi connectivity index (χ4v) is 4.47. The average Bonchev–Trinajstić information content (AvgIpc) is 2.95. The monoisotopic (exact) mass is 560 g/mol. The van der Waals surface area contributed by atoms with E-state index in [0.717, 1.165) is 33.5 Å². The van der Waals surface area contributed by atoms with Gasteiger partial charge in [0, 0.05) is 13.1 Å². The number of piperidine rings is 1. The second-order valence-corrected chi connectivity index (χ2v) is 9.17. The van der Waals surface area contributed by atoms with Gasteiger partial charge in [0.1, 0.15) is 5.75 Å². The van der Waals surface area contributed by atoms with Crippen LogP contribution in [0.1, 0.15) is 41.4 Å². The number of methoxy groups -OCH3 is 1. The van der Waals surface area contributed by atoms with Gasteiger partial charge in [0.2, 0.25) is 5.69 Å². The normalized spacial score (nSPS) is 15.5. The summed E-state index contributed by atoms with van der Waals surface area (Å²) >= 11 is 0. The van der Waals surface area contributed by atoms with Gasteiger partial charge < -0.3 is 14.4 Å². The quantitative estimate of drug-likeness (QED) is 0.409. The summed E-state index contributed by atoms with van der Waals surface area (Å²) in [4.78, 5) is 54.0. The second-order valence-electron chi connectivity index (χ2n) is 9.17. The first kappa shape index (κ1) is 28.6. The molecular weight excluding hydrogens is 533 g/mol. The predicted octanol–water partition coefficient (Wildman–Crippen LogP) is 2.89. The van der Waals surface area contributed by atoms with Crippen molar-refractivity contribution in [1.29, 1.82) is 0 Å². The summed E-state index contributed by atoms with van der Waals surface area (Å²) < 4.78 is 51.1. The molecule has 1 saturated heterocycles. The summed E-state index contributed by atoms with van der Waals surface area (Å²) in [5.74, 6) is -1.38. The number of alkyl halides is 3. The number of benzene rings is 2. The molecule has 0 radical (unpaired) electrons. The zero-order valence-electron chi connectivity index (χ0n) is 21.8. The summed E-state index contributed by atoms with van der Waals surface area (Å²) in [7, 11) is 1.45. The number of aromatic nitrogens is 3. The number of esters is 1. The molecule has 1 aliphatic heterocycles. The largest absolute Gasteiger partial charge is 0.497 e. The van der Waals surface area contributed by atoms with Crippen molar-refractivity contribution in [2.24, 2.45) is 5.92 Å². The number of halogens is 3. The van der Waals surface area contributed by atoms with Gasteiger partial charge in [0.25, 0.3) is 11.5 Å². The molecule has 212 valence electrons. The Kier molecular flexibility index (Phi) is 8.40. The van der Waals surface area contributed by atoms with Crippen LogP contribution in [-0.4, -0.2) is 57.9 Å². The van der Waals surface area contributed by atoms with Crippen molar-refractivity contribution >= 4 is 11.9 Å². The lowest BCUT2D eigenvalue weighted by molar-refractivity contribution is -0.149. The van der Waals surface area contributed by atoms with Crippen molar-refractivity contribution < 1.29 is 32.2 Å². The molecule has 1 aliphatic rings. The van der Waals surface area contributed by atoms with Crippen LogP contribution in [0.15, 0.2) is 58.1 Å². The molecule has 1 amide bonds. The molecule has 1 aromatic heterocycles. The molecule has 0 saturated carbocycles. The van der Waals surface area contributed by atoms with Gasteiger partial charge in [-0.2, -0.15) is 23.0 Å². The molecule has 0 spiro atoms. The Morgan fingerprint density at radius 2 is 1.82 bits per heavy atom. The number of likely N-dealkylation sites (tertiary alicyclic amines) is 1. The van der Waals surface area contributed by atoms with Crippen molar-refractivity contribution in [3.05, 3.63) is 86.2 Å². The van der Waals surface area contributed by atoms with Crippen LogP contribution in [0.4, 0.5) is 13.2 Å². The topological polar surface area (TPSA) is 113 Å². The molecule has 0 unspecified atom stereocenters. The first-order valence-corrected chi connectivity index (χ1v) is 12.5. The van der Waals surface area contributed by atoms with Crippen LogP contribution in [0.25, 0.3) is 5.69 Å². The molecule has 13 heteroatoms. The maximum atomic E-state index is 13.5. The molecule has 40 heavy (non-hydrogen) atoms. The second kappa shape index (κ2) is 11.8. The highest BCUT2D eigenvalue weighted by atomic mass is 19.4. The third-order valence-electron chi connectivity index (χ3n) is 6.50. The molecule has 2 aromatic carbocycles. The third kappa shape index (κ3) is 6.08. The van der Waals surface area contributed by atoms with Gasteiger partial charge in [-0.1, -0.05) is 12.1 Å². The zero-order valence-corrected chi connectivity index (χ0v) is 21.8. The summed E-state index contributed by atoms with van der Waals surface area (Å²) in [5.41, 5.74) is -3.04. The van der Waals surface area contributed by atoms with Crippen LogP contribution in [0, 0.1) is 5.92 Å². The van der Waals surface area contributed by atoms with Crippen molar-refractivity contribution in [3.8, 4) is 11.4 Å². The van der Waals surface area contributed by atoms with Crippen molar-refractivity contribution in [2.75, 3.05) is 26.8 Å². The Balaban J connectivity index is 1.80. The van der Waals surface area contributed by atoms with Gasteiger partial charge >= 0.3 is 17.8 Å². The Morgan fingerprint density at radius 1 is 1.10 bits per heavy atom. The molecule has 0 N–H and O–H groups in total. The van der Waals surface area contributed by atoms with Crippen LogP contribution in [0.5, 0.6) is 5.75 Å². The van der Waals surface area contributed by atoms with Gasteiger partial charge in [-0.3, -0.25) is 19.0 Å². The number of carbonyl (C=O) groups is 2. The van der Waals surface area contributed by atoms with E-state index < -0.39 is 46.5 Å². The lowest BCUT2D eigenvalue weighted by Crippen LogP contribution is -2.49. The van der Waals surface area contributed by atoms with Gasteiger partial charge in [0.05, 0.1) is 37.4 Å². The van der Waals surface area contributed by atoms with E-state index in [-0.39, 0.29) is 31.9 Å². The van der Waals surface area contributed by atoms with Crippen molar-refractivity contribution in [1.82, 2.24) is 19.2 Å². The number of hydrogen-bond donors (Lipinski definition) is 0. The van der Waals surface area contributed by atoms with Crippen LogP contribution in [0.2, 0.25) is 0 Å². The molecule has 0 aliphatic carbocycles. The Morgan fingerprint density at radius 3 is 2.48 bits per heavy atom. The van der Waals surface area contributed by atoms with E-state index in [9.17, 15) is 32.3 Å². The molecule has 0 bridgehead atoms. The van der Waals surface area contributed by atoms with Crippen molar-refractivity contribution in [3.63, 3.8) is 0 Å². The first-order chi connectivity index (χ1) is 19.0. The minimum absolute atomic E-state index is 0.00588. The van der Waals surface area contributed by atoms with E-state index in [2.05, 4.69) is 5.10 Å². The van der Waals surface area contributed by atoms with Gasteiger partial charge in [-0.25, -0.2) is 4.79 Å². The van der Waals surface area contributed by atoms with E-state index in [1.165, 1.54) is 12.0 Å². The van der Waals surface area contributed by atoms with Crippen LogP contribution >= 0.6 is 0 Å². The Bertz CT molecular complexity index is 1510. The Hall–Kier alpha value is -4.42. The molecule has 1 atom stereocenters. The smallest absolute Gasteiger partial charge is 0.416 e. The van der Waals surface area contributed by atoms with E-state index in [1.54, 1.807) is 31.2 Å². The number of ether oxygens (including phenoxy) is 2. The average molecular weight is 561 g/mol. The molecule has 4 rings (SSSR count). The Labute approximate surface area is 226 Å². The molecule has 10 nitrogen and oxygen atoms in total. The first-order valence-electron chi connectivity index (χ1n) is 12.5. The molecular formula is C27H27F3N4O6. The van der Waals surface area contributed by atoms with E-state index in [4.69, 9.17) is 9.47 Å². The van der Waals surface area contributed by atoms with E-state index >= 15 is 0 Å². The van der Waals surface area contributed by atoms with E-state index in [0.29, 0.717) is 24.2 Å². The highest BCUT2D eigenvalue weighted by Gasteiger charge is 2.33. The fraction of sp³-hybridized carbons (Fsp3) is 0.370. The fourth-order valence-electron chi connectivity index (χ4n) is 4.47. The number of nitrogens with zero attached hydrogens (tertiary/aromatic N) is 4. The maximum absolute atomic E-state index is 13.5. The summed E-state index contributed by atoms with van der Waals surface area (Å²) in [6.07, 6.45) is -3.63. The lowest BCUT2D eigenvalue weighted by atomic mass is 9.98. The molecule has 1 fully saturated rings. The zero-order chi connectivity index (χ0) is 29.0. The predicted molar refractivity (Wildman–Crippen MR) is 136 cm³/mol. The molecule has 2 heterocycles. The van der Waals surface area contributed by atoms with Crippen molar-refractivity contribution in [2.45, 2.75) is 32.5 Å². The lowest BCUT2D eigenvalue weighted by Gasteiger charge is -2.31. The van der Waals surface area contributed by atoms with Gasteiger partial charge in [-0.05, 0) is 61.7 Å². The van der Waals surface area contributed by atoms with Gasteiger partial charge in [-0.15, -0.1) is 0 Å². The number of carbonyl (C=O) groups excluding carboxylic acids is 2. The standard InChI is InChI=1S/C27H27F3N4O6/c1-3-40-25(37)18-7-5-13-32(16-18)23(35)22-24(36)33(15-17-6-4-8-21(14-17)39-2)26(38)34(31-22)20-11-9-19(10-12-20)27(28,29)30/h4,6,8-12,14,18H,3,5,7,13,15-16H2,1-2H3/t18-/m1/s1. The third-order valence-corrected chi connectivity index (χ3v) is 6.50. The SMILES string of the molecule is CCOC(=O)[C@@H]1CCCN(C(=O)c2nn(-c3ccc(C(F)(F)F)cc3)c(=O)n(Cc3cccc(OC)c3)c2=O)C1. The highest BCUT2D eigenvalue weighted by molar-refractivity contribution is 5.92. The van der Waals surface area contributed by atoms with E-state index in [1.807, 2.05) is 0 Å². The minimum atomic E-state index is -4.60. The maximum Gasteiger partial charge on any atom is 0.416 e. The number of rotatable bonds is 7. The van der Waals surface area contributed by atoms with Crippen LogP contribution in [0.3, 0.4) is 0 Å². The summed E-state index contributed by atoms with van der Waals surface area (Å²) in [6, 6.07) is 10.2. The highest BCUT2D eigenvalue weighted by Crippen LogP contribution is 2.29. The number of amides is 1. The number of hydrogen-bond acceptors (Lipinski definition) is 7. The van der Waals surface area contributed by atoms with Gasteiger partial charge in [0.15, 0.2) is 0 Å².